The lowest BCUT2D eigenvalue weighted by Crippen LogP contribution is -2.21. The Morgan fingerprint density at radius 3 is 2.88 bits per heavy atom. The van der Waals surface area contributed by atoms with Crippen LogP contribution in [0.3, 0.4) is 0 Å². The number of nitrogens with two attached hydrogens (primary N) is 1. The summed E-state index contributed by atoms with van der Waals surface area (Å²) in [6.07, 6.45) is 6.47. The Labute approximate surface area is 100 Å². The first-order chi connectivity index (χ1) is 7.81. The van der Waals surface area contributed by atoms with Crippen LogP contribution in [0.25, 0.3) is 0 Å². The highest BCUT2D eigenvalue weighted by Gasteiger charge is 2.18. The Kier molecular flexibility index (Phi) is 3.88. The summed E-state index contributed by atoms with van der Waals surface area (Å²) in [5.41, 5.74) is 5.77. The molecule has 1 fully saturated rings. The lowest BCUT2D eigenvalue weighted by molar-refractivity contribution is 0.343. The lowest BCUT2D eigenvalue weighted by Gasteiger charge is -2.23. The maximum absolute atomic E-state index is 5.77. The van der Waals surface area contributed by atoms with Crippen LogP contribution >= 0.6 is 11.5 Å². The molecule has 4 nitrogen and oxygen atoms in total. The standard InChI is InChI=1S/C11H19N3OS/c1-2-15-9-10(12)14-16-11(9)13-8-6-4-3-5-7-8/h8,13H,2-7H2,1H3,(H2,12,14). The summed E-state index contributed by atoms with van der Waals surface area (Å²) >= 11 is 1.40. The molecule has 1 saturated carbocycles. The largest absolute Gasteiger partial charge is 0.487 e. The van der Waals surface area contributed by atoms with E-state index < -0.39 is 0 Å². The maximum atomic E-state index is 5.77. The van der Waals surface area contributed by atoms with E-state index in [1.165, 1.54) is 43.6 Å². The molecule has 1 aromatic rings. The Morgan fingerprint density at radius 2 is 2.19 bits per heavy atom. The van der Waals surface area contributed by atoms with Crippen LogP contribution in [0.4, 0.5) is 10.8 Å². The molecule has 0 aromatic carbocycles. The third-order valence-electron chi connectivity index (χ3n) is 2.90. The minimum atomic E-state index is 0.505. The molecule has 0 amide bonds. The molecule has 0 spiro atoms. The molecule has 2 rings (SSSR count). The van der Waals surface area contributed by atoms with Gasteiger partial charge in [0.15, 0.2) is 16.6 Å². The molecule has 0 bridgehead atoms. The molecule has 0 radical (unpaired) electrons. The van der Waals surface area contributed by atoms with Gasteiger partial charge in [-0.2, -0.15) is 4.37 Å². The first kappa shape index (κ1) is 11.5. The van der Waals surface area contributed by atoms with Gasteiger partial charge in [-0.1, -0.05) is 19.3 Å². The summed E-state index contributed by atoms with van der Waals surface area (Å²) < 4.78 is 9.64. The summed E-state index contributed by atoms with van der Waals surface area (Å²) in [6, 6.07) is 0.563. The van der Waals surface area contributed by atoms with Gasteiger partial charge >= 0.3 is 0 Å². The van der Waals surface area contributed by atoms with Gasteiger partial charge in [0.1, 0.15) is 0 Å². The van der Waals surface area contributed by atoms with Gasteiger partial charge in [0.2, 0.25) is 0 Å². The fourth-order valence-electron chi connectivity index (χ4n) is 2.10. The molecular weight excluding hydrogens is 222 g/mol. The molecule has 0 unspecified atom stereocenters. The third kappa shape index (κ3) is 2.58. The van der Waals surface area contributed by atoms with Crippen LogP contribution < -0.4 is 15.8 Å². The minimum absolute atomic E-state index is 0.505. The smallest absolute Gasteiger partial charge is 0.197 e. The van der Waals surface area contributed by atoms with Crippen LogP contribution in [0.1, 0.15) is 39.0 Å². The predicted molar refractivity (Wildman–Crippen MR) is 68.2 cm³/mol. The second-order valence-electron chi connectivity index (χ2n) is 4.14. The monoisotopic (exact) mass is 241 g/mol. The number of rotatable bonds is 4. The molecule has 16 heavy (non-hydrogen) atoms. The SMILES string of the molecule is CCOc1c(N)nsc1NC1CCCCC1. The molecule has 1 aliphatic carbocycles. The zero-order valence-corrected chi connectivity index (χ0v) is 10.5. The number of hydrogen-bond acceptors (Lipinski definition) is 5. The second kappa shape index (κ2) is 5.39. The predicted octanol–water partition coefficient (Wildman–Crippen LogP) is 2.87. The summed E-state index contributed by atoms with van der Waals surface area (Å²) in [7, 11) is 0. The fourth-order valence-corrected chi connectivity index (χ4v) is 2.84. The van der Waals surface area contributed by atoms with Gasteiger partial charge in [0.25, 0.3) is 0 Å². The van der Waals surface area contributed by atoms with E-state index in [2.05, 4.69) is 9.69 Å². The van der Waals surface area contributed by atoms with Gasteiger partial charge in [-0.05, 0) is 31.3 Å². The average molecular weight is 241 g/mol. The lowest BCUT2D eigenvalue weighted by atomic mass is 9.96. The third-order valence-corrected chi connectivity index (χ3v) is 3.68. The van der Waals surface area contributed by atoms with E-state index in [9.17, 15) is 0 Å². The number of nitrogens with zero attached hydrogens (tertiary/aromatic N) is 1. The van der Waals surface area contributed by atoms with Crippen molar-refractivity contribution in [2.45, 2.75) is 45.1 Å². The van der Waals surface area contributed by atoms with Crippen molar-refractivity contribution in [2.24, 2.45) is 0 Å². The highest BCUT2D eigenvalue weighted by molar-refractivity contribution is 7.11. The van der Waals surface area contributed by atoms with Crippen molar-refractivity contribution in [1.29, 1.82) is 0 Å². The Bertz CT molecular complexity index is 334. The van der Waals surface area contributed by atoms with Gasteiger partial charge < -0.3 is 15.8 Å². The van der Waals surface area contributed by atoms with E-state index in [1.807, 2.05) is 6.92 Å². The summed E-state index contributed by atoms with van der Waals surface area (Å²) in [4.78, 5) is 0. The molecule has 90 valence electrons. The van der Waals surface area contributed by atoms with Crippen LogP contribution in [-0.4, -0.2) is 17.0 Å². The molecule has 0 aliphatic heterocycles. The molecule has 0 atom stereocenters. The van der Waals surface area contributed by atoms with Crippen molar-refractivity contribution in [3.05, 3.63) is 0 Å². The number of nitrogen functional groups attached to an aromatic ring is 1. The normalized spacial score (nSPS) is 17.3. The van der Waals surface area contributed by atoms with Crippen molar-refractivity contribution >= 4 is 22.4 Å². The molecule has 1 heterocycles. The molecular formula is C11H19N3OS. The second-order valence-corrected chi connectivity index (χ2v) is 4.91. The topological polar surface area (TPSA) is 60.2 Å². The molecule has 5 heteroatoms. The number of nitrogens with one attached hydrogen (secondary N) is 1. The highest BCUT2D eigenvalue weighted by Crippen LogP contribution is 2.36. The molecule has 1 aromatic heterocycles. The van der Waals surface area contributed by atoms with Gasteiger partial charge in [-0.3, -0.25) is 0 Å². The van der Waals surface area contributed by atoms with Crippen LogP contribution in [0.5, 0.6) is 5.75 Å². The van der Waals surface area contributed by atoms with Gasteiger partial charge in [0, 0.05) is 6.04 Å². The van der Waals surface area contributed by atoms with E-state index in [1.54, 1.807) is 0 Å². The van der Waals surface area contributed by atoms with Crippen molar-refractivity contribution in [1.82, 2.24) is 4.37 Å². The summed E-state index contributed by atoms with van der Waals surface area (Å²) in [6.45, 7) is 2.59. The molecule has 3 N–H and O–H groups in total. The van der Waals surface area contributed by atoms with Crippen molar-refractivity contribution < 1.29 is 4.74 Å². The number of ether oxygens (including phenoxy) is 1. The van der Waals surface area contributed by atoms with E-state index in [4.69, 9.17) is 10.5 Å². The van der Waals surface area contributed by atoms with Gasteiger partial charge in [-0.15, -0.1) is 0 Å². The van der Waals surface area contributed by atoms with E-state index in [-0.39, 0.29) is 0 Å². The number of anilines is 2. The van der Waals surface area contributed by atoms with Gasteiger partial charge in [0.05, 0.1) is 6.61 Å². The Hall–Kier alpha value is -0.970. The van der Waals surface area contributed by atoms with Crippen molar-refractivity contribution in [2.75, 3.05) is 17.7 Å². The summed E-state index contributed by atoms with van der Waals surface area (Å²) in [5, 5.41) is 4.50. The zero-order chi connectivity index (χ0) is 11.4. The van der Waals surface area contributed by atoms with E-state index in [0.717, 1.165) is 10.8 Å². The van der Waals surface area contributed by atoms with Crippen LogP contribution in [0.15, 0.2) is 0 Å². The van der Waals surface area contributed by atoms with Crippen molar-refractivity contribution in [3.63, 3.8) is 0 Å². The first-order valence-electron chi connectivity index (χ1n) is 5.95. The molecule has 1 aliphatic rings. The minimum Gasteiger partial charge on any atom is -0.487 e. The zero-order valence-electron chi connectivity index (χ0n) is 9.66. The van der Waals surface area contributed by atoms with Crippen LogP contribution in [0.2, 0.25) is 0 Å². The van der Waals surface area contributed by atoms with Gasteiger partial charge in [-0.25, -0.2) is 0 Å². The van der Waals surface area contributed by atoms with E-state index in [0.29, 0.717) is 18.5 Å². The Balaban J connectivity index is 2.02. The highest BCUT2D eigenvalue weighted by atomic mass is 32.1. The molecule has 0 saturated heterocycles. The van der Waals surface area contributed by atoms with Crippen LogP contribution in [0, 0.1) is 0 Å². The van der Waals surface area contributed by atoms with E-state index >= 15 is 0 Å². The summed E-state index contributed by atoms with van der Waals surface area (Å²) in [5.74, 6) is 1.24. The van der Waals surface area contributed by atoms with Crippen LogP contribution in [-0.2, 0) is 0 Å². The average Bonchev–Trinajstić information content (AvgIpc) is 2.64. The van der Waals surface area contributed by atoms with Crippen molar-refractivity contribution in [3.8, 4) is 5.75 Å². The first-order valence-corrected chi connectivity index (χ1v) is 6.73. The quantitative estimate of drug-likeness (QED) is 0.851. The fraction of sp³-hybridized carbons (Fsp3) is 0.727. The number of hydrogen-bond donors (Lipinski definition) is 2. The number of aromatic nitrogens is 1. The Morgan fingerprint density at radius 1 is 1.44 bits per heavy atom. The maximum Gasteiger partial charge on any atom is 0.197 e.